The topological polar surface area (TPSA) is 142 Å². The Morgan fingerprint density at radius 3 is 2.68 bits per heavy atom. The molecule has 3 amide bonds. The van der Waals surface area contributed by atoms with Crippen LogP contribution in [-0.2, 0) is 14.3 Å². The van der Waals surface area contributed by atoms with Gasteiger partial charge < -0.3 is 30.9 Å². The molecule has 0 aromatic carbocycles. The van der Waals surface area contributed by atoms with Gasteiger partial charge in [0.05, 0.1) is 32.3 Å². The van der Waals surface area contributed by atoms with Gasteiger partial charge in [0.2, 0.25) is 5.91 Å². The van der Waals surface area contributed by atoms with Crippen LogP contribution >= 0.6 is 0 Å². The van der Waals surface area contributed by atoms with Crippen LogP contribution in [0.1, 0.15) is 6.42 Å². The molecular formula is C10H17N3O6. The lowest BCUT2D eigenvalue weighted by molar-refractivity contribution is -0.141. The normalized spacial score (nSPS) is 20.7. The van der Waals surface area contributed by atoms with Crippen LogP contribution < -0.4 is 11.1 Å². The Bertz CT molecular complexity index is 361. The molecule has 0 aromatic rings. The molecule has 9 nitrogen and oxygen atoms in total. The minimum absolute atomic E-state index is 0.158. The van der Waals surface area contributed by atoms with Crippen molar-refractivity contribution in [2.24, 2.45) is 5.73 Å². The fraction of sp³-hybridized carbons (Fsp3) is 0.700. The summed E-state index contributed by atoms with van der Waals surface area (Å²) < 4.78 is 5.16. The Hall–Kier alpha value is -1.87. The highest BCUT2D eigenvalue weighted by Crippen LogP contribution is 2.05. The molecule has 0 spiro atoms. The number of rotatable bonds is 5. The Kier molecular flexibility index (Phi) is 5.52. The summed E-state index contributed by atoms with van der Waals surface area (Å²) in [6, 6.07) is -1.99. The number of carbonyl (C=O) groups excluding carboxylic acids is 2. The second-order valence-electron chi connectivity index (χ2n) is 4.13. The molecule has 9 heteroatoms. The van der Waals surface area contributed by atoms with E-state index >= 15 is 0 Å². The fourth-order valence-corrected chi connectivity index (χ4v) is 1.66. The third-order valence-electron chi connectivity index (χ3n) is 2.63. The second-order valence-corrected chi connectivity index (χ2v) is 4.13. The predicted molar refractivity (Wildman–Crippen MR) is 62.2 cm³/mol. The first kappa shape index (κ1) is 15.2. The molecule has 108 valence electrons. The number of carboxylic acid groups (broad SMARTS) is 1. The van der Waals surface area contributed by atoms with Crippen LogP contribution in [0.3, 0.4) is 0 Å². The van der Waals surface area contributed by atoms with E-state index in [1.807, 2.05) is 0 Å². The summed E-state index contributed by atoms with van der Waals surface area (Å²) in [5, 5.41) is 20.0. The number of ether oxygens (including phenoxy) is 1. The van der Waals surface area contributed by atoms with Crippen molar-refractivity contribution in [1.82, 2.24) is 10.2 Å². The third-order valence-corrected chi connectivity index (χ3v) is 2.63. The number of carboxylic acids is 1. The number of amides is 3. The summed E-state index contributed by atoms with van der Waals surface area (Å²) in [4.78, 5) is 34.7. The molecule has 2 atom stereocenters. The summed E-state index contributed by atoms with van der Waals surface area (Å²) in [5.74, 6) is -2.15. The number of nitrogens with one attached hydrogen (secondary N) is 1. The number of aliphatic hydroxyl groups excluding tert-OH is 1. The Morgan fingerprint density at radius 2 is 2.16 bits per heavy atom. The van der Waals surface area contributed by atoms with Crippen LogP contribution in [0.5, 0.6) is 0 Å². The first-order valence-corrected chi connectivity index (χ1v) is 5.73. The number of hydrogen-bond acceptors (Lipinski definition) is 5. The molecule has 1 heterocycles. The van der Waals surface area contributed by atoms with E-state index in [1.165, 1.54) is 4.90 Å². The van der Waals surface area contributed by atoms with Crippen LogP contribution in [0.15, 0.2) is 0 Å². The van der Waals surface area contributed by atoms with E-state index in [0.717, 1.165) is 0 Å². The molecule has 1 aliphatic heterocycles. The van der Waals surface area contributed by atoms with Crippen LogP contribution in [-0.4, -0.2) is 71.5 Å². The average Bonchev–Trinajstić information content (AvgIpc) is 2.37. The summed E-state index contributed by atoms with van der Waals surface area (Å²) in [6.45, 7) is 0.468. The van der Waals surface area contributed by atoms with E-state index in [-0.39, 0.29) is 26.3 Å². The zero-order valence-electron chi connectivity index (χ0n) is 10.2. The molecule has 1 fully saturated rings. The maximum atomic E-state index is 11.8. The number of nitrogens with zero attached hydrogens (tertiary/aromatic N) is 1. The van der Waals surface area contributed by atoms with Gasteiger partial charge in [-0.15, -0.1) is 0 Å². The fourth-order valence-electron chi connectivity index (χ4n) is 1.66. The molecule has 0 bridgehead atoms. The first-order valence-electron chi connectivity index (χ1n) is 5.73. The lowest BCUT2D eigenvalue weighted by Gasteiger charge is -2.32. The maximum absolute atomic E-state index is 11.8. The molecular weight excluding hydrogens is 258 g/mol. The van der Waals surface area contributed by atoms with E-state index in [9.17, 15) is 14.4 Å². The lowest BCUT2D eigenvalue weighted by Crippen LogP contribution is -2.54. The van der Waals surface area contributed by atoms with Gasteiger partial charge in [-0.3, -0.25) is 4.79 Å². The van der Waals surface area contributed by atoms with Crippen LogP contribution in [0, 0.1) is 0 Å². The summed E-state index contributed by atoms with van der Waals surface area (Å²) >= 11 is 0. The summed E-state index contributed by atoms with van der Waals surface area (Å²) in [6.07, 6.45) is -0.964. The number of primary amides is 1. The number of carbonyl (C=O) groups is 3. The van der Waals surface area contributed by atoms with Gasteiger partial charge >= 0.3 is 12.0 Å². The van der Waals surface area contributed by atoms with E-state index in [2.05, 4.69) is 5.32 Å². The largest absolute Gasteiger partial charge is 0.480 e. The Labute approximate surface area is 109 Å². The lowest BCUT2D eigenvalue weighted by atomic mass is 10.2. The van der Waals surface area contributed by atoms with Gasteiger partial charge in [-0.05, 0) is 0 Å². The number of aliphatic hydroxyl groups is 1. The van der Waals surface area contributed by atoms with Crippen molar-refractivity contribution in [2.75, 3.05) is 26.3 Å². The molecule has 0 aliphatic carbocycles. The van der Waals surface area contributed by atoms with Gasteiger partial charge in [0.15, 0.2) is 0 Å². The quantitative estimate of drug-likeness (QED) is 0.445. The summed E-state index contributed by atoms with van der Waals surface area (Å²) in [5.41, 5.74) is 4.91. The minimum Gasteiger partial charge on any atom is -0.480 e. The molecule has 0 radical (unpaired) electrons. The zero-order chi connectivity index (χ0) is 14.4. The molecule has 0 saturated carbocycles. The molecule has 19 heavy (non-hydrogen) atoms. The van der Waals surface area contributed by atoms with Crippen molar-refractivity contribution in [3.05, 3.63) is 0 Å². The van der Waals surface area contributed by atoms with E-state index in [0.29, 0.717) is 0 Å². The van der Waals surface area contributed by atoms with Crippen molar-refractivity contribution >= 4 is 17.9 Å². The van der Waals surface area contributed by atoms with Gasteiger partial charge in [-0.25, -0.2) is 9.59 Å². The molecule has 1 saturated heterocycles. The highest BCUT2D eigenvalue weighted by Gasteiger charge is 2.28. The van der Waals surface area contributed by atoms with Crippen LogP contribution in [0.25, 0.3) is 0 Å². The van der Waals surface area contributed by atoms with Crippen molar-refractivity contribution in [2.45, 2.75) is 18.6 Å². The highest BCUT2D eigenvalue weighted by molar-refractivity contribution is 5.87. The van der Waals surface area contributed by atoms with Crippen molar-refractivity contribution in [1.29, 1.82) is 0 Å². The van der Waals surface area contributed by atoms with E-state index in [4.69, 9.17) is 20.7 Å². The van der Waals surface area contributed by atoms with Crippen LogP contribution in [0.4, 0.5) is 4.79 Å². The number of morpholine rings is 1. The molecule has 1 rings (SSSR count). The zero-order valence-corrected chi connectivity index (χ0v) is 10.2. The maximum Gasteiger partial charge on any atom is 0.326 e. The third kappa shape index (κ3) is 4.72. The van der Waals surface area contributed by atoms with Gasteiger partial charge in [0, 0.05) is 6.54 Å². The second kappa shape index (κ2) is 6.90. The number of hydrogen-bond donors (Lipinski definition) is 4. The van der Waals surface area contributed by atoms with Crippen LogP contribution in [0.2, 0.25) is 0 Å². The van der Waals surface area contributed by atoms with E-state index < -0.39 is 36.5 Å². The minimum atomic E-state index is -1.36. The monoisotopic (exact) mass is 275 g/mol. The van der Waals surface area contributed by atoms with Gasteiger partial charge in [-0.2, -0.15) is 0 Å². The first-order chi connectivity index (χ1) is 8.93. The molecule has 5 N–H and O–H groups in total. The summed E-state index contributed by atoms with van der Waals surface area (Å²) in [7, 11) is 0. The average molecular weight is 275 g/mol. The Morgan fingerprint density at radius 1 is 1.47 bits per heavy atom. The predicted octanol–water partition coefficient (Wildman–Crippen LogP) is -2.28. The van der Waals surface area contributed by atoms with E-state index in [1.54, 1.807) is 0 Å². The van der Waals surface area contributed by atoms with Gasteiger partial charge in [0.1, 0.15) is 6.04 Å². The Balaban J connectivity index is 2.56. The van der Waals surface area contributed by atoms with Crippen molar-refractivity contribution in [3.63, 3.8) is 0 Å². The number of nitrogens with two attached hydrogens (primary N) is 1. The standard InChI is InChI=1S/C10H17N3O6/c11-8(15)3-7(9(16)17)12-10(18)13-1-2-19-6(4-13)5-14/h6-7,14H,1-5H2,(H2,11,15)(H,12,18)(H,16,17)/t6?,7-/m0/s1. The number of aliphatic carboxylic acids is 1. The van der Waals surface area contributed by atoms with Gasteiger partial charge in [0.25, 0.3) is 0 Å². The van der Waals surface area contributed by atoms with Gasteiger partial charge in [-0.1, -0.05) is 0 Å². The number of urea groups is 1. The molecule has 1 aliphatic rings. The SMILES string of the molecule is NC(=O)C[C@H](NC(=O)N1CCOC(CO)C1)C(=O)O. The highest BCUT2D eigenvalue weighted by atomic mass is 16.5. The van der Waals surface area contributed by atoms with Crippen molar-refractivity contribution < 1.29 is 29.3 Å². The smallest absolute Gasteiger partial charge is 0.326 e. The van der Waals surface area contributed by atoms with Crippen molar-refractivity contribution in [3.8, 4) is 0 Å². The molecule has 0 aromatic heterocycles. The molecule has 1 unspecified atom stereocenters.